The van der Waals surface area contributed by atoms with Gasteiger partial charge in [-0.15, -0.1) is 11.3 Å². The highest BCUT2D eigenvalue weighted by Crippen LogP contribution is 2.27. The molecule has 6 heteroatoms. The molecule has 0 aromatic carbocycles. The topological polar surface area (TPSA) is 58.8 Å². The Balaban J connectivity index is 2.09. The Morgan fingerprint density at radius 3 is 2.78 bits per heavy atom. The molecule has 1 amide bonds. The van der Waals surface area contributed by atoms with E-state index >= 15 is 0 Å². The summed E-state index contributed by atoms with van der Waals surface area (Å²) in [4.78, 5) is 18.2. The van der Waals surface area contributed by atoms with Gasteiger partial charge in [-0.05, 0) is 24.8 Å². The van der Waals surface area contributed by atoms with Crippen molar-refractivity contribution in [1.82, 2.24) is 9.80 Å². The Hall–Kier alpha value is -0.950. The van der Waals surface area contributed by atoms with Gasteiger partial charge in [-0.2, -0.15) is 0 Å². The van der Waals surface area contributed by atoms with E-state index in [2.05, 4.69) is 29.3 Å². The SMILES string of the molecule is CCCC(C)(N)C(=O)N(C)CC(c1cccs1)N1CCOCC1. The predicted molar refractivity (Wildman–Crippen MR) is 94.6 cm³/mol. The van der Waals surface area contributed by atoms with E-state index in [0.29, 0.717) is 13.0 Å². The molecule has 130 valence electrons. The van der Waals surface area contributed by atoms with Crippen molar-refractivity contribution in [2.24, 2.45) is 5.73 Å². The minimum absolute atomic E-state index is 0.0224. The van der Waals surface area contributed by atoms with Crippen molar-refractivity contribution in [3.63, 3.8) is 0 Å². The molecule has 23 heavy (non-hydrogen) atoms. The van der Waals surface area contributed by atoms with Gasteiger partial charge in [0.25, 0.3) is 0 Å². The zero-order valence-electron chi connectivity index (χ0n) is 14.5. The third kappa shape index (κ3) is 4.76. The monoisotopic (exact) mass is 339 g/mol. The highest BCUT2D eigenvalue weighted by atomic mass is 32.1. The first-order valence-corrected chi connectivity index (χ1v) is 9.23. The Labute approximate surface area is 143 Å². The van der Waals surface area contributed by atoms with E-state index in [0.717, 1.165) is 32.7 Å². The molecule has 1 aromatic rings. The fraction of sp³-hybridized carbons (Fsp3) is 0.706. The Kier molecular flexibility index (Phi) is 6.59. The lowest BCUT2D eigenvalue weighted by atomic mass is 9.95. The number of nitrogens with zero attached hydrogens (tertiary/aromatic N) is 2. The van der Waals surface area contributed by atoms with E-state index in [9.17, 15) is 4.79 Å². The van der Waals surface area contributed by atoms with Crippen LogP contribution in [0.2, 0.25) is 0 Å². The lowest BCUT2D eigenvalue weighted by Crippen LogP contribution is -2.54. The maximum Gasteiger partial charge on any atom is 0.242 e. The maximum atomic E-state index is 12.7. The van der Waals surface area contributed by atoms with Crippen LogP contribution in [-0.2, 0) is 9.53 Å². The van der Waals surface area contributed by atoms with Crippen LogP contribution in [0.4, 0.5) is 0 Å². The van der Waals surface area contributed by atoms with Crippen LogP contribution in [-0.4, -0.2) is 61.1 Å². The molecule has 2 rings (SSSR count). The van der Waals surface area contributed by atoms with Gasteiger partial charge < -0.3 is 15.4 Å². The van der Waals surface area contributed by atoms with E-state index in [1.54, 1.807) is 16.2 Å². The molecule has 0 saturated carbocycles. The Morgan fingerprint density at radius 1 is 1.52 bits per heavy atom. The van der Waals surface area contributed by atoms with Crippen LogP contribution in [0.3, 0.4) is 0 Å². The molecule has 5 nitrogen and oxygen atoms in total. The zero-order valence-corrected chi connectivity index (χ0v) is 15.3. The number of amides is 1. The second kappa shape index (κ2) is 8.24. The molecule has 2 heterocycles. The number of hydrogen-bond acceptors (Lipinski definition) is 5. The summed E-state index contributed by atoms with van der Waals surface area (Å²) in [6, 6.07) is 4.43. The predicted octanol–water partition coefficient (Wildman–Crippen LogP) is 2.10. The highest BCUT2D eigenvalue weighted by Gasteiger charge is 2.33. The molecule has 2 unspecified atom stereocenters. The van der Waals surface area contributed by atoms with Gasteiger partial charge in [-0.25, -0.2) is 0 Å². The van der Waals surface area contributed by atoms with Gasteiger partial charge in [-0.3, -0.25) is 9.69 Å². The summed E-state index contributed by atoms with van der Waals surface area (Å²) in [5, 5.41) is 2.09. The van der Waals surface area contributed by atoms with Crippen LogP contribution in [0.25, 0.3) is 0 Å². The Morgan fingerprint density at radius 2 is 2.22 bits per heavy atom. The summed E-state index contributed by atoms with van der Waals surface area (Å²) in [5.41, 5.74) is 5.44. The highest BCUT2D eigenvalue weighted by molar-refractivity contribution is 7.10. The van der Waals surface area contributed by atoms with Gasteiger partial charge in [0.05, 0.1) is 24.8 Å². The molecular formula is C17H29N3O2S. The van der Waals surface area contributed by atoms with Crippen molar-refractivity contribution in [1.29, 1.82) is 0 Å². The van der Waals surface area contributed by atoms with Gasteiger partial charge in [-0.1, -0.05) is 19.4 Å². The van der Waals surface area contributed by atoms with Crippen molar-refractivity contribution in [2.75, 3.05) is 39.9 Å². The van der Waals surface area contributed by atoms with Crippen LogP contribution in [0.15, 0.2) is 17.5 Å². The van der Waals surface area contributed by atoms with Gasteiger partial charge >= 0.3 is 0 Å². The number of rotatable bonds is 7. The second-order valence-corrected chi connectivity index (χ2v) is 7.51. The summed E-state index contributed by atoms with van der Waals surface area (Å²) in [5.74, 6) is 0.0224. The van der Waals surface area contributed by atoms with Crippen LogP contribution in [0.1, 0.15) is 37.6 Å². The number of carbonyl (C=O) groups is 1. The minimum Gasteiger partial charge on any atom is -0.379 e. The summed E-state index contributed by atoms with van der Waals surface area (Å²) in [6.07, 6.45) is 1.61. The standard InChI is InChI=1S/C17H29N3O2S/c1-4-7-17(2,18)16(21)19(3)13-14(15-6-5-12-23-15)20-8-10-22-11-9-20/h5-6,12,14H,4,7-11,13,18H2,1-3H3. The van der Waals surface area contributed by atoms with Gasteiger partial charge in [0.1, 0.15) is 0 Å². The summed E-state index contributed by atoms with van der Waals surface area (Å²) in [6.45, 7) is 7.87. The molecule has 0 aliphatic carbocycles. The number of ether oxygens (including phenoxy) is 1. The fourth-order valence-electron chi connectivity index (χ4n) is 3.16. The minimum atomic E-state index is -0.783. The molecule has 1 aliphatic heterocycles. The van der Waals surface area contributed by atoms with E-state index < -0.39 is 5.54 Å². The van der Waals surface area contributed by atoms with Crippen molar-refractivity contribution in [3.05, 3.63) is 22.4 Å². The fourth-order valence-corrected chi connectivity index (χ4v) is 4.01. The number of nitrogens with two attached hydrogens (primary N) is 1. The molecule has 2 N–H and O–H groups in total. The summed E-state index contributed by atoms with van der Waals surface area (Å²) >= 11 is 1.74. The van der Waals surface area contributed by atoms with Gasteiger partial charge in [0.15, 0.2) is 0 Å². The van der Waals surface area contributed by atoms with Crippen LogP contribution >= 0.6 is 11.3 Å². The van der Waals surface area contributed by atoms with Crippen molar-refractivity contribution < 1.29 is 9.53 Å². The Bertz CT molecular complexity index is 484. The lowest BCUT2D eigenvalue weighted by Gasteiger charge is -2.37. The van der Waals surface area contributed by atoms with Crippen molar-refractivity contribution in [2.45, 2.75) is 38.3 Å². The molecule has 1 aromatic heterocycles. The molecule has 1 aliphatic rings. The third-order valence-electron chi connectivity index (χ3n) is 4.41. The van der Waals surface area contributed by atoms with Gasteiger partial charge in [0, 0.05) is 31.6 Å². The largest absolute Gasteiger partial charge is 0.379 e. The van der Waals surface area contributed by atoms with Gasteiger partial charge in [0.2, 0.25) is 5.91 Å². The summed E-state index contributed by atoms with van der Waals surface area (Å²) < 4.78 is 5.47. The second-order valence-electron chi connectivity index (χ2n) is 6.53. The van der Waals surface area contributed by atoms with Crippen molar-refractivity contribution >= 4 is 17.2 Å². The maximum absolute atomic E-state index is 12.7. The number of likely N-dealkylation sites (N-methyl/N-ethyl adjacent to an activating group) is 1. The first-order valence-electron chi connectivity index (χ1n) is 8.35. The van der Waals surface area contributed by atoms with E-state index in [-0.39, 0.29) is 11.9 Å². The number of morpholine rings is 1. The average Bonchev–Trinajstić information content (AvgIpc) is 3.06. The molecule has 0 bridgehead atoms. The zero-order chi connectivity index (χ0) is 16.9. The number of hydrogen-bond donors (Lipinski definition) is 1. The molecule has 1 saturated heterocycles. The van der Waals surface area contributed by atoms with E-state index in [1.807, 2.05) is 14.0 Å². The molecule has 0 spiro atoms. The first-order chi connectivity index (χ1) is 11.0. The van der Waals surface area contributed by atoms with E-state index in [4.69, 9.17) is 10.5 Å². The van der Waals surface area contributed by atoms with Crippen LogP contribution in [0.5, 0.6) is 0 Å². The van der Waals surface area contributed by atoms with Crippen LogP contribution < -0.4 is 5.73 Å². The first kappa shape index (κ1) is 18.4. The molecule has 1 fully saturated rings. The van der Waals surface area contributed by atoms with Crippen LogP contribution in [0, 0.1) is 0 Å². The quantitative estimate of drug-likeness (QED) is 0.826. The lowest BCUT2D eigenvalue weighted by molar-refractivity contribution is -0.136. The molecule has 0 radical (unpaired) electrons. The van der Waals surface area contributed by atoms with Crippen molar-refractivity contribution in [3.8, 4) is 0 Å². The molecule has 2 atom stereocenters. The average molecular weight is 340 g/mol. The van der Waals surface area contributed by atoms with E-state index in [1.165, 1.54) is 4.88 Å². The third-order valence-corrected chi connectivity index (χ3v) is 5.38. The molecular weight excluding hydrogens is 310 g/mol. The normalized spacial score (nSPS) is 20.0. The number of thiophene rings is 1. The summed E-state index contributed by atoms with van der Waals surface area (Å²) in [7, 11) is 1.87. The number of carbonyl (C=O) groups excluding carboxylic acids is 1. The smallest absolute Gasteiger partial charge is 0.242 e.